The lowest BCUT2D eigenvalue weighted by Crippen LogP contribution is -2.26. The standard InChI is InChI=1S/C16H19N3O2/c1-21-14-9-13-10-15(18-19(13)11-14)16(20)17-8-7-12-5-3-2-4-6-12/h2-6,10,14H,7-9,11H2,1H3,(H,17,20)/t14-/m0/s1. The van der Waals surface area contributed by atoms with Crippen LogP contribution in [-0.4, -0.2) is 35.4 Å². The quantitative estimate of drug-likeness (QED) is 0.904. The molecule has 1 atom stereocenters. The summed E-state index contributed by atoms with van der Waals surface area (Å²) >= 11 is 0. The maximum absolute atomic E-state index is 12.1. The normalized spacial score (nSPS) is 16.7. The number of amides is 1. The molecule has 0 aliphatic carbocycles. The summed E-state index contributed by atoms with van der Waals surface area (Å²) in [6.07, 6.45) is 1.83. The molecule has 1 aliphatic heterocycles. The van der Waals surface area contributed by atoms with Crippen molar-refractivity contribution >= 4 is 5.91 Å². The highest BCUT2D eigenvalue weighted by Crippen LogP contribution is 2.17. The van der Waals surface area contributed by atoms with Crippen LogP contribution in [0.2, 0.25) is 0 Å². The second-order valence-electron chi connectivity index (χ2n) is 5.26. The number of rotatable bonds is 5. The number of fused-ring (bicyclic) bond motifs is 1. The number of methoxy groups -OCH3 is 1. The molecule has 0 saturated heterocycles. The minimum Gasteiger partial charge on any atom is -0.379 e. The van der Waals surface area contributed by atoms with Gasteiger partial charge in [-0.2, -0.15) is 5.10 Å². The first-order valence-corrected chi connectivity index (χ1v) is 7.18. The van der Waals surface area contributed by atoms with Gasteiger partial charge in [-0.3, -0.25) is 9.48 Å². The van der Waals surface area contributed by atoms with Crippen LogP contribution >= 0.6 is 0 Å². The van der Waals surface area contributed by atoms with E-state index in [1.807, 2.05) is 28.9 Å². The Bertz CT molecular complexity index is 598. The number of hydrogen-bond donors (Lipinski definition) is 1. The Morgan fingerprint density at radius 2 is 2.24 bits per heavy atom. The molecule has 0 radical (unpaired) electrons. The Labute approximate surface area is 123 Å². The van der Waals surface area contributed by atoms with Crippen molar-refractivity contribution in [2.24, 2.45) is 0 Å². The topological polar surface area (TPSA) is 56.1 Å². The highest BCUT2D eigenvalue weighted by Gasteiger charge is 2.24. The van der Waals surface area contributed by atoms with Crippen molar-refractivity contribution in [2.45, 2.75) is 25.5 Å². The Balaban J connectivity index is 1.53. The first-order valence-electron chi connectivity index (χ1n) is 7.18. The number of nitrogens with zero attached hydrogens (tertiary/aromatic N) is 2. The fourth-order valence-electron chi connectivity index (χ4n) is 2.59. The summed E-state index contributed by atoms with van der Waals surface area (Å²) in [7, 11) is 1.70. The molecule has 1 aromatic carbocycles. The predicted molar refractivity (Wildman–Crippen MR) is 79.2 cm³/mol. The molecule has 0 saturated carbocycles. The van der Waals surface area contributed by atoms with Crippen LogP contribution in [0.15, 0.2) is 36.4 Å². The zero-order chi connectivity index (χ0) is 14.7. The molecule has 0 bridgehead atoms. The summed E-state index contributed by atoms with van der Waals surface area (Å²) in [6, 6.07) is 12.0. The highest BCUT2D eigenvalue weighted by molar-refractivity contribution is 5.92. The van der Waals surface area contributed by atoms with Gasteiger partial charge in [0.05, 0.1) is 12.6 Å². The van der Waals surface area contributed by atoms with Gasteiger partial charge in [0.25, 0.3) is 5.91 Å². The summed E-state index contributed by atoms with van der Waals surface area (Å²) in [6.45, 7) is 1.34. The number of aromatic nitrogens is 2. The number of benzene rings is 1. The molecular formula is C16H19N3O2. The van der Waals surface area contributed by atoms with E-state index in [1.54, 1.807) is 7.11 Å². The third-order valence-electron chi connectivity index (χ3n) is 3.78. The molecule has 1 amide bonds. The number of ether oxygens (including phenoxy) is 1. The van der Waals surface area contributed by atoms with Crippen molar-refractivity contribution < 1.29 is 9.53 Å². The van der Waals surface area contributed by atoms with Crippen molar-refractivity contribution in [3.63, 3.8) is 0 Å². The largest absolute Gasteiger partial charge is 0.379 e. The molecule has 5 heteroatoms. The molecule has 3 rings (SSSR count). The lowest BCUT2D eigenvalue weighted by Gasteiger charge is -2.05. The maximum Gasteiger partial charge on any atom is 0.271 e. The molecule has 2 aromatic rings. The van der Waals surface area contributed by atoms with Gasteiger partial charge in [0.15, 0.2) is 0 Å². The van der Waals surface area contributed by atoms with E-state index in [4.69, 9.17) is 4.74 Å². The fourth-order valence-corrected chi connectivity index (χ4v) is 2.59. The van der Waals surface area contributed by atoms with Gasteiger partial charge in [-0.05, 0) is 18.1 Å². The first-order chi connectivity index (χ1) is 10.3. The van der Waals surface area contributed by atoms with Gasteiger partial charge in [-0.1, -0.05) is 30.3 Å². The van der Waals surface area contributed by atoms with Crippen LogP contribution in [-0.2, 0) is 24.1 Å². The lowest BCUT2D eigenvalue weighted by molar-refractivity contribution is 0.0936. The molecule has 1 N–H and O–H groups in total. The average Bonchev–Trinajstić information content (AvgIpc) is 3.06. The van der Waals surface area contributed by atoms with Gasteiger partial charge >= 0.3 is 0 Å². The third-order valence-corrected chi connectivity index (χ3v) is 3.78. The van der Waals surface area contributed by atoms with E-state index in [0.29, 0.717) is 12.2 Å². The Morgan fingerprint density at radius 3 is 2.95 bits per heavy atom. The highest BCUT2D eigenvalue weighted by atomic mass is 16.5. The van der Waals surface area contributed by atoms with Crippen LogP contribution in [0.3, 0.4) is 0 Å². The van der Waals surface area contributed by atoms with Crippen LogP contribution in [0.4, 0.5) is 0 Å². The summed E-state index contributed by atoms with van der Waals surface area (Å²) in [5.74, 6) is -0.109. The zero-order valence-corrected chi connectivity index (χ0v) is 12.1. The van der Waals surface area contributed by atoms with Crippen LogP contribution in [0.25, 0.3) is 0 Å². The molecule has 0 spiro atoms. The summed E-state index contributed by atoms with van der Waals surface area (Å²) in [5, 5.41) is 7.25. The second kappa shape index (κ2) is 6.10. The van der Waals surface area contributed by atoms with E-state index < -0.39 is 0 Å². The lowest BCUT2D eigenvalue weighted by atomic mass is 10.1. The van der Waals surface area contributed by atoms with Crippen LogP contribution < -0.4 is 5.32 Å². The second-order valence-corrected chi connectivity index (χ2v) is 5.26. The number of carbonyl (C=O) groups excluding carboxylic acids is 1. The molecule has 1 aliphatic rings. The van der Waals surface area contributed by atoms with Gasteiger partial charge < -0.3 is 10.1 Å². The fraction of sp³-hybridized carbons (Fsp3) is 0.375. The van der Waals surface area contributed by atoms with Crippen molar-refractivity contribution in [3.8, 4) is 0 Å². The van der Waals surface area contributed by atoms with Gasteiger partial charge in [-0.25, -0.2) is 0 Å². The van der Waals surface area contributed by atoms with Crippen molar-refractivity contribution in [1.29, 1.82) is 0 Å². The van der Waals surface area contributed by atoms with Gasteiger partial charge in [-0.15, -0.1) is 0 Å². The number of nitrogens with one attached hydrogen (secondary N) is 1. The zero-order valence-electron chi connectivity index (χ0n) is 12.1. The van der Waals surface area contributed by atoms with Crippen molar-refractivity contribution in [2.75, 3.05) is 13.7 Å². The molecule has 2 heterocycles. The molecule has 0 fully saturated rings. The van der Waals surface area contributed by atoms with Gasteiger partial charge in [0.1, 0.15) is 5.69 Å². The van der Waals surface area contributed by atoms with E-state index in [9.17, 15) is 4.79 Å². The number of carbonyl (C=O) groups is 1. The molecule has 1 aromatic heterocycles. The SMILES string of the molecule is CO[C@H]1Cc2cc(C(=O)NCCc3ccccc3)nn2C1. The average molecular weight is 285 g/mol. The van der Waals surface area contributed by atoms with Crippen molar-refractivity contribution in [1.82, 2.24) is 15.1 Å². The minimum absolute atomic E-state index is 0.109. The van der Waals surface area contributed by atoms with Crippen LogP contribution in [0.5, 0.6) is 0 Å². The van der Waals surface area contributed by atoms with Crippen LogP contribution in [0, 0.1) is 0 Å². The smallest absolute Gasteiger partial charge is 0.271 e. The Morgan fingerprint density at radius 1 is 1.43 bits per heavy atom. The van der Waals surface area contributed by atoms with E-state index >= 15 is 0 Å². The van der Waals surface area contributed by atoms with Gasteiger partial charge in [0, 0.05) is 25.8 Å². The Kier molecular flexibility index (Phi) is 4.01. The van der Waals surface area contributed by atoms with Crippen LogP contribution in [0.1, 0.15) is 21.7 Å². The van der Waals surface area contributed by atoms with E-state index in [-0.39, 0.29) is 12.0 Å². The summed E-state index contributed by atoms with van der Waals surface area (Å²) in [4.78, 5) is 12.1. The molecule has 5 nitrogen and oxygen atoms in total. The third kappa shape index (κ3) is 3.13. The first kappa shape index (κ1) is 13.8. The summed E-state index contributed by atoms with van der Waals surface area (Å²) in [5.41, 5.74) is 2.77. The summed E-state index contributed by atoms with van der Waals surface area (Å²) < 4.78 is 7.17. The van der Waals surface area contributed by atoms with E-state index in [1.165, 1.54) is 5.56 Å². The molecule has 21 heavy (non-hydrogen) atoms. The van der Waals surface area contributed by atoms with Crippen molar-refractivity contribution in [3.05, 3.63) is 53.3 Å². The number of hydrogen-bond acceptors (Lipinski definition) is 3. The molecule has 110 valence electrons. The maximum atomic E-state index is 12.1. The predicted octanol–water partition coefficient (Wildman–Crippen LogP) is 1.43. The van der Waals surface area contributed by atoms with Gasteiger partial charge in [0.2, 0.25) is 0 Å². The molecule has 0 unspecified atom stereocenters. The minimum atomic E-state index is -0.109. The van der Waals surface area contributed by atoms with E-state index in [2.05, 4.69) is 22.5 Å². The monoisotopic (exact) mass is 285 g/mol. The van der Waals surface area contributed by atoms with E-state index in [0.717, 1.165) is 25.1 Å². The molecular weight excluding hydrogens is 266 g/mol. The Hall–Kier alpha value is -2.14.